The van der Waals surface area contributed by atoms with E-state index in [9.17, 15) is 53.7 Å². The van der Waals surface area contributed by atoms with Gasteiger partial charge in [0.15, 0.2) is 12.2 Å². The largest absolute Gasteiger partial charge is 0.449 e. The summed E-state index contributed by atoms with van der Waals surface area (Å²) in [4.78, 5) is 89.3. The third kappa shape index (κ3) is 27.0. The molecule has 3 aliphatic rings. The number of hydrogen-bond acceptors (Lipinski definition) is 24. The van der Waals surface area contributed by atoms with Crippen LogP contribution in [0.2, 0.25) is 0 Å². The number of rotatable bonds is 13. The van der Waals surface area contributed by atoms with E-state index < -0.39 is 162 Å². The number of esters is 7. The first-order chi connectivity index (χ1) is 32.6. The molecule has 3 rings (SSSR count). The van der Waals surface area contributed by atoms with Crippen molar-refractivity contribution in [3.8, 4) is 0 Å². The Morgan fingerprint density at radius 2 is 1.00 bits per heavy atom. The van der Waals surface area contributed by atoms with Crippen LogP contribution in [0, 0.1) is 17.8 Å². The summed E-state index contributed by atoms with van der Waals surface area (Å²) < 4.78 is 58.1. The Bertz CT molecular complexity index is 1750. The van der Waals surface area contributed by atoms with Gasteiger partial charge in [-0.25, -0.2) is 9.59 Å². The van der Waals surface area contributed by atoms with E-state index in [2.05, 4.69) is 4.74 Å². The van der Waals surface area contributed by atoms with Crippen LogP contribution in [0.3, 0.4) is 0 Å². The number of aliphatic hydroxyl groups excluding tert-OH is 4. The monoisotopic (exact) mass is 1280 g/mol. The summed E-state index contributed by atoms with van der Waals surface area (Å²) in [5.41, 5.74) is -0.985. The fraction of sp³-hybridized carbons (Fsp3) is 0.795. The summed E-state index contributed by atoms with van der Waals surface area (Å²) in [6, 6.07) is 0. The molecule has 3 aliphatic heterocycles. The Labute approximate surface area is 454 Å². The fourth-order valence-electron chi connectivity index (χ4n) is 6.23. The molecule has 0 spiro atoms. The summed E-state index contributed by atoms with van der Waals surface area (Å²) in [6.45, 7) is 11.3. The first kappa shape index (κ1) is 69.2. The zero-order valence-corrected chi connectivity index (χ0v) is 46.8. The first-order valence-electron chi connectivity index (χ1n) is 20.6. The molecule has 0 aromatic carbocycles. The molecule has 3 heterocycles. The molecule has 24 nitrogen and oxygen atoms in total. The summed E-state index contributed by atoms with van der Waals surface area (Å²) >= 11 is 36.1. The number of aliphatic hydroxyl groups is 4. The molecule has 0 aliphatic carbocycles. The number of hydrogen-bond donors (Lipinski definition) is 5. The van der Waals surface area contributed by atoms with Crippen molar-refractivity contribution < 1.29 is 132 Å². The fourth-order valence-corrected chi connectivity index (χ4v) is 8.13. The van der Waals surface area contributed by atoms with E-state index in [0.717, 1.165) is 20.8 Å². The van der Waals surface area contributed by atoms with E-state index in [-0.39, 0.29) is 31.8 Å². The third-order valence-corrected chi connectivity index (χ3v) is 11.9. The molecule has 0 radical (unpaired) electrons. The quantitative estimate of drug-likeness (QED) is 0.0378. The van der Waals surface area contributed by atoms with E-state index in [4.69, 9.17) is 138 Å². The van der Waals surface area contributed by atoms with E-state index in [0.29, 0.717) is 4.43 Å². The van der Waals surface area contributed by atoms with Crippen LogP contribution >= 0.6 is 81.2 Å². The molecule has 414 valence electrons. The van der Waals surface area contributed by atoms with Crippen LogP contribution in [-0.2, 0) is 85.7 Å². The zero-order valence-electron chi connectivity index (χ0n) is 39.3. The van der Waals surface area contributed by atoms with Crippen LogP contribution in [0.15, 0.2) is 0 Å². The van der Waals surface area contributed by atoms with Crippen molar-refractivity contribution in [3.05, 3.63) is 0 Å². The van der Waals surface area contributed by atoms with Gasteiger partial charge in [-0.15, -0.1) is 0 Å². The van der Waals surface area contributed by atoms with E-state index in [1.165, 1.54) is 27.7 Å². The van der Waals surface area contributed by atoms with Gasteiger partial charge in [-0.05, 0) is 6.92 Å². The molecule has 0 saturated carbocycles. The number of ether oxygens (including phenoxy) is 11. The van der Waals surface area contributed by atoms with Crippen LogP contribution in [0.1, 0.15) is 62.3 Å². The molecule has 0 aromatic rings. The van der Waals surface area contributed by atoms with Crippen molar-refractivity contribution in [2.75, 3.05) is 30.9 Å². The predicted octanol–water partition coefficient (Wildman–Crippen LogP) is -0.748. The minimum Gasteiger partial charge on any atom is -0.449 e. The maximum Gasteiger partial charge on any atom is 0.403 e. The van der Waals surface area contributed by atoms with Crippen LogP contribution in [-0.4, -0.2) is 180 Å². The van der Waals surface area contributed by atoms with Gasteiger partial charge in [0.1, 0.15) is 44.2 Å². The Balaban J connectivity index is 0.000000986. The molecule has 0 bridgehead atoms. The molecule has 71 heavy (non-hydrogen) atoms. The molecular weight excluding hydrogens is 1230 g/mol. The van der Waals surface area contributed by atoms with Crippen molar-refractivity contribution in [2.45, 2.75) is 144 Å². The van der Waals surface area contributed by atoms with Crippen LogP contribution < -0.4 is 25.4 Å². The molecule has 0 aromatic heterocycles. The van der Waals surface area contributed by atoms with Gasteiger partial charge in [0.05, 0.1) is 12.0 Å². The van der Waals surface area contributed by atoms with Crippen LogP contribution in [0.5, 0.6) is 0 Å². The van der Waals surface area contributed by atoms with E-state index >= 15 is 0 Å². The van der Waals surface area contributed by atoms with Gasteiger partial charge >= 0.3 is 139 Å². The second-order valence-corrected chi connectivity index (χ2v) is 22.2. The normalized spacial score (nSPS) is 30.3. The second kappa shape index (κ2) is 33.3. The minimum atomic E-state index is -2.36. The van der Waals surface area contributed by atoms with E-state index in [1.807, 2.05) is 13.8 Å². The number of nitrogens with two attached hydrogens (primary N) is 1. The number of carbonyl (C=O) groups is 8. The van der Waals surface area contributed by atoms with Crippen molar-refractivity contribution >= 4 is 128 Å². The van der Waals surface area contributed by atoms with Crippen molar-refractivity contribution in [1.82, 2.24) is 0 Å². The maximum absolute atomic E-state index is 11.9. The smallest absolute Gasteiger partial charge is 0.403 e. The molecule has 0 unspecified atom stereocenters. The number of carbonyl (C=O) groups excluding carboxylic acids is 8. The average Bonchev–Trinajstić information content (AvgIpc) is 3.23. The van der Waals surface area contributed by atoms with Gasteiger partial charge in [0, 0.05) is 59.1 Å². The van der Waals surface area contributed by atoms with Gasteiger partial charge < -0.3 is 47.4 Å². The summed E-state index contributed by atoms with van der Waals surface area (Å²) in [5, 5.41) is 37.3. The van der Waals surface area contributed by atoms with Crippen molar-refractivity contribution in [2.24, 2.45) is 21.7 Å². The van der Waals surface area contributed by atoms with Crippen LogP contribution in [0.25, 0.3) is 0 Å². The van der Waals surface area contributed by atoms with Gasteiger partial charge in [0.25, 0.3) is 3.79 Å². The number of halogens is 8. The molecule has 3 saturated heterocycles. The standard InChI is InChI=1S/C15H19Cl3O9.C14H22O7.C7H15INO5.C3H2Cl4O2/c1-6-11(24-8(3)20)12(25-9(4)21)10(5-23-7(2)19)26-13(6)27-14(22)15(16,17)18;1-7-8(2)19-12(6-18-9(3)15)14(21-11(5)17)13(7)20-10(4)16;9-8-1-3-5(11)6(12)4(2-10)14-7(3)13;4-2(8)9-1-3(5,6)7/h6,10-13H,5H2,1-4H3;7-8,12-14H,6H2,1-5H3;3-7,10-13H,1-2,9H2;1H2/q;;-1;/t6-,10-,11-,12-,13+;7-,8-,12+,13+,14+;3-,4-,5-,6-,7-;/m101./s1. The van der Waals surface area contributed by atoms with Gasteiger partial charge in [-0.2, -0.15) is 0 Å². The maximum atomic E-state index is 11.9. The molecule has 0 amide bonds. The predicted molar refractivity (Wildman–Crippen MR) is 243 cm³/mol. The molecule has 3 fully saturated rings. The Morgan fingerprint density at radius 3 is 1.35 bits per heavy atom. The molecule has 32 heteroatoms. The SMILES string of the molecule is CC(=O)OC[C@H]1O[C@@H](C)[C@H](C)[C@@H](OC(C)=O)[C@@H]1OC(C)=O.CC(=O)OC[C@H]1O[C@@H](OC(=O)C(Cl)(Cl)Cl)[C@H](C)[C@@H](OC(C)=O)[C@@H]1OC(C)=O.N[I-]C[C@@H]1[C@@H](O)[C@H](O)[C@@H](CO)O[C@H]1O.O=C(Cl)OCC(Cl)(Cl)Cl. The zero-order chi connectivity index (χ0) is 55.3. The van der Waals surface area contributed by atoms with Gasteiger partial charge in [-0.1, -0.05) is 83.5 Å². The topological polar surface area (TPSA) is 345 Å². The molecule has 15 atom stereocenters. The van der Waals surface area contributed by atoms with Crippen molar-refractivity contribution in [3.63, 3.8) is 0 Å². The van der Waals surface area contributed by atoms with Gasteiger partial charge in [0.2, 0.25) is 10.1 Å². The van der Waals surface area contributed by atoms with Gasteiger partial charge in [-0.3, -0.25) is 28.8 Å². The Hall–Kier alpha value is -1.80. The molecular formula is C39H58Cl7INO23-. The summed E-state index contributed by atoms with van der Waals surface area (Å²) in [7, 11) is 0. The third-order valence-electron chi connectivity index (χ3n) is 9.50. The average molecular weight is 1280 g/mol. The van der Waals surface area contributed by atoms with E-state index in [1.54, 1.807) is 0 Å². The summed E-state index contributed by atoms with van der Waals surface area (Å²) in [6.07, 6.45) is -11.3. The first-order valence-corrected chi connectivity index (χ1v) is 26.0. The Morgan fingerprint density at radius 1 is 0.577 bits per heavy atom. The number of alkyl halides is 7. The van der Waals surface area contributed by atoms with Crippen molar-refractivity contribution in [1.29, 1.82) is 0 Å². The Kier molecular flexibility index (Phi) is 32.4. The molecule has 6 N–H and O–H groups in total. The summed E-state index contributed by atoms with van der Waals surface area (Å²) in [5.74, 6) is -6.17. The minimum absolute atomic E-state index is 0.0674. The second-order valence-electron chi connectivity index (χ2n) is 15.3. The van der Waals surface area contributed by atoms with Crippen LogP contribution in [0.4, 0.5) is 4.79 Å².